The summed E-state index contributed by atoms with van der Waals surface area (Å²) in [4.78, 5) is 10.7. The zero-order chi connectivity index (χ0) is 18.6. The van der Waals surface area contributed by atoms with Crippen molar-refractivity contribution in [2.75, 3.05) is 13.2 Å². The SMILES string of the molecule is O=C(O)[C@@H](O)[C@H](O)[C@@H](O[C@@H]1O[C@H](CO)[C@H](O)[C@H](O)[C@H]1O)[C@@H](O)CO. The molecule has 0 amide bonds. The Kier molecular flexibility index (Phi) is 7.88. The molecule has 12 heteroatoms. The lowest BCUT2D eigenvalue weighted by atomic mass is 9.98. The predicted molar refractivity (Wildman–Crippen MR) is 71.4 cm³/mol. The van der Waals surface area contributed by atoms with Gasteiger partial charge in [0.2, 0.25) is 0 Å². The molecule has 0 bridgehead atoms. The van der Waals surface area contributed by atoms with Crippen molar-refractivity contribution in [1.82, 2.24) is 0 Å². The maximum Gasteiger partial charge on any atom is 0.335 e. The molecule has 0 spiro atoms. The van der Waals surface area contributed by atoms with Crippen molar-refractivity contribution in [3.05, 3.63) is 0 Å². The van der Waals surface area contributed by atoms with Crippen LogP contribution in [0.5, 0.6) is 0 Å². The molecule has 1 rings (SSSR count). The minimum Gasteiger partial charge on any atom is -0.479 e. The van der Waals surface area contributed by atoms with Crippen LogP contribution in [0.4, 0.5) is 0 Å². The van der Waals surface area contributed by atoms with E-state index in [2.05, 4.69) is 0 Å². The van der Waals surface area contributed by atoms with Crippen LogP contribution in [0.15, 0.2) is 0 Å². The number of carboxylic acid groups (broad SMARTS) is 1. The van der Waals surface area contributed by atoms with Crippen molar-refractivity contribution in [2.45, 2.75) is 55.1 Å². The second-order valence-electron chi connectivity index (χ2n) is 5.32. The van der Waals surface area contributed by atoms with Gasteiger partial charge in [-0.05, 0) is 0 Å². The average Bonchev–Trinajstić information content (AvgIpc) is 2.57. The van der Waals surface area contributed by atoms with E-state index in [4.69, 9.17) is 24.8 Å². The predicted octanol–water partition coefficient (Wildman–Crippen LogP) is -5.67. The first-order valence-electron chi connectivity index (χ1n) is 6.99. The largest absolute Gasteiger partial charge is 0.479 e. The molecular weight excluding hydrogens is 336 g/mol. The summed E-state index contributed by atoms with van der Waals surface area (Å²) in [6.07, 6.45) is -16.9. The number of aliphatic hydroxyl groups is 8. The second kappa shape index (κ2) is 8.96. The first-order chi connectivity index (χ1) is 11.1. The van der Waals surface area contributed by atoms with E-state index in [1.165, 1.54) is 0 Å². The van der Waals surface area contributed by atoms with E-state index < -0.39 is 74.3 Å². The molecule has 1 heterocycles. The maximum atomic E-state index is 10.7. The van der Waals surface area contributed by atoms with Crippen LogP contribution in [0, 0.1) is 0 Å². The quantitative estimate of drug-likeness (QED) is 0.198. The number of aliphatic hydroxyl groups excluding tert-OH is 8. The maximum absolute atomic E-state index is 10.7. The second-order valence-corrected chi connectivity index (χ2v) is 5.32. The van der Waals surface area contributed by atoms with Gasteiger partial charge >= 0.3 is 5.97 Å². The van der Waals surface area contributed by atoms with Crippen molar-refractivity contribution < 1.29 is 60.2 Å². The topological polar surface area (TPSA) is 218 Å². The number of aliphatic carboxylic acids is 1. The van der Waals surface area contributed by atoms with Crippen molar-refractivity contribution in [3.63, 3.8) is 0 Å². The van der Waals surface area contributed by atoms with Gasteiger partial charge < -0.3 is 55.4 Å². The molecule has 1 aliphatic rings. The molecule has 0 saturated carbocycles. The fraction of sp³-hybridized carbons (Fsp3) is 0.917. The van der Waals surface area contributed by atoms with Gasteiger partial charge in [0.15, 0.2) is 12.4 Å². The Morgan fingerprint density at radius 1 is 1.04 bits per heavy atom. The molecule has 0 aliphatic carbocycles. The number of hydrogen-bond donors (Lipinski definition) is 9. The minimum absolute atomic E-state index is 0.766. The van der Waals surface area contributed by atoms with Crippen LogP contribution in [0.25, 0.3) is 0 Å². The van der Waals surface area contributed by atoms with Crippen LogP contribution in [0.2, 0.25) is 0 Å². The van der Waals surface area contributed by atoms with Gasteiger partial charge in [0.1, 0.15) is 42.7 Å². The summed E-state index contributed by atoms with van der Waals surface area (Å²) in [6, 6.07) is 0. The molecule has 0 unspecified atom stereocenters. The van der Waals surface area contributed by atoms with Crippen LogP contribution in [0.1, 0.15) is 0 Å². The summed E-state index contributed by atoms with van der Waals surface area (Å²) in [7, 11) is 0. The first-order valence-corrected chi connectivity index (χ1v) is 6.99. The van der Waals surface area contributed by atoms with Gasteiger partial charge in [-0.3, -0.25) is 0 Å². The zero-order valence-corrected chi connectivity index (χ0v) is 12.4. The van der Waals surface area contributed by atoms with E-state index in [1.54, 1.807) is 0 Å². The molecule has 1 saturated heterocycles. The molecule has 142 valence electrons. The van der Waals surface area contributed by atoms with E-state index in [0.717, 1.165) is 0 Å². The summed E-state index contributed by atoms with van der Waals surface area (Å²) in [5.41, 5.74) is 0. The van der Waals surface area contributed by atoms with Gasteiger partial charge in [0, 0.05) is 0 Å². The highest BCUT2D eigenvalue weighted by Gasteiger charge is 2.47. The van der Waals surface area contributed by atoms with Crippen molar-refractivity contribution in [1.29, 1.82) is 0 Å². The van der Waals surface area contributed by atoms with E-state index >= 15 is 0 Å². The summed E-state index contributed by atoms with van der Waals surface area (Å²) in [5.74, 6) is -1.84. The Bertz CT molecular complexity index is 403. The molecule has 0 aromatic carbocycles. The van der Waals surface area contributed by atoms with Crippen LogP contribution in [0.3, 0.4) is 0 Å². The van der Waals surface area contributed by atoms with E-state index in [0.29, 0.717) is 0 Å². The van der Waals surface area contributed by atoms with E-state index in [1.807, 2.05) is 0 Å². The Morgan fingerprint density at radius 2 is 1.62 bits per heavy atom. The van der Waals surface area contributed by atoms with Gasteiger partial charge in [-0.1, -0.05) is 0 Å². The summed E-state index contributed by atoms with van der Waals surface area (Å²) in [6.45, 7) is -1.76. The van der Waals surface area contributed by atoms with Crippen molar-refractivity contribution in [2.24, 2.45) is 0 Å². The lowest BCUT2D eigenvalue weighted by molar-refractivity contribution is -0.326. The number of carbonyl (C=O) groups is 1. The molecule has 9 N–H and O–H groups in total. The van der Waals surface area contributed by atoms with Crippen molar-refractivity contribution >= 4 is 5.97 Å². The molecule has 12 nitrogen and oxygen atoms in total. The third-order valence-electron chi connectivity index (χ3n) is 3.62. The fourth-order valence-corrected chi connectivity index (χ4v) is 2.16. The molecule has 1 aliphatic heterocycles. The smallest absolute Gasteiger partial charge is 0.335 e. The van der Waals surface area contributed by atoms with Gasteiger partial charge in [0.05, 0.1) is 13.2 Å². The van der Waals surface area contributed by atoms with E-state index in [-0.39, 0.29) is 0 Å². The highest BCUT2D eigenvalue weighted by molar-refractivity contribution is 5.72. The lowest BCUT2D eigenvalue weighted by Gasteiger charge is -2.42. The van der Waals surface area contributed by atoms with Gasteiger partial charge in [-0.25, -0.2) is 4.79 Å². The third kappa shape index (κ3) is 4.58. The summed E-state index contributed by atoms with van der Waals surface area (Å²) < 4.78 is 9.98. The standard InChI is InChI=1S/C12H22O12/c13-1-3(15)10(7(18)8(19)11(21)22)24-12-9(20)6(17)5(16)4(2-14)23-12/h3-10,12-20H,1-2H2,(H,21,22)/t3-,4+,5-,6-,7-,8-,9+,10-,12-/m0/s1. The minimum atomic E-state index is -2.39. The fourth-order valence-electron chi connectivity index (χ4n) is 2.16. The Hall–Kier alpha value is -0.930. The number of rotatable bonds is 8. The Labute approximate surface area is 135 Å². The molecule has 0 radical (unpaired) electrons. The molecule has 24 heavy (non-hydrogen) atoms. The van der Waals surface area contributed by atoms with Crippen LogP contribution >= 0.6 is 0 Å². The van der Waals surface area contributed by atoms with Gasteiger partial charge in [-0.2, -0.15) is 0 Å². The number of ether oxygens (including phenoxy) is 2. The monoisotopic (exact) mass is 358 g/mol. The Morgan fingerprint density at radius 3 is 2.08 bits per heavy atom. The molecule has 1 fully saturated rings. The first kappa shape index (κ1) is 21.1. The molecule has 0 aromatic rings. The van der Waals surface area contributed by atoms with E-state index in [9.17, 15) is 35.4 Å². The third-order valence-corrected chi connectivity index (χ3v) is 3.62. The highest BCUT2D eigenvalue weighted by atomic mass is 16.7. The number of carboxylic acids is 1. The van der Waals surface area contributed by atoms with Crippen LogP contribution in [-0.2, 0) is 14.3 Å². The zero-order valence-electron chi connectivity index (χ0n) is 12.4. The summed E-state index contributed by atoms with van der Waals surface area (Å²) >= 11 is 0. The Balaban J connectivity index is 2.94. The molecule has 9 atom stereocenters. The highest BCUT2D eigenvalue weighted by Crippen LogP contribution is 2.24. The van der Waals surface area contributed by atoms with Crippen LogP contribution in [-0.4, -0.2) is 120 Å². The van der Waals surface area contributed by atoms with Gasteiger partial charge in [0.25, 0.3) is 0 Å². The average molecular weight is 358 g/mol. The molecular formula is C12H22O12. The summed E-state index contributed by atoms with van der Waals surface area (Å²) in [5, 5.41) is 84.5. The normalized spacial score (nSPS) is 35.9. The molecule has 0 aromatic heterocycles. The van der Waals surface area contributed by atoms with Crippen LogP contribution < -0.4 is 0 Å². The van der Waals surface area contributed by atoms with Crippen molar-refractivity contribution in [3.8, 4) is 0 Å². The van der Waals surface area contributed by atoms with Gasteiger partial charge in [-0.15, -0.1) is 0 Å². The number of hydrogen-bond acceptors (Lipinski definition) is 11. The lowest BCUT2D eigenvalue weighted by Crippen LogP contribution is -2.61.